The molecule has 2 aromatic rings. The number of nitriles is 1. The Labute approximate surface area is 120 Å². The van der Waals surface area contributed by atoms with E-state index in [1.807, 2.05) is 24.3 Å². The van der Waals surface area contributed by atoms with E-state index in [4.69, 9.17) is 16.9 Å². The minimum absolute atomic E-state index is 0.0924. The standard InChI is InChI=1S/C15H9ClN2O2/c16-14-6-2-11(3-7-14)1-4-12-5-8-15(18(19)20)9-13(12)10-17/h1-9H. The molecule has 0 saturated heterocycles. The van der Waals surface area contributed by atoms with Crippen molar-refractivity contribution in [3.63, 3.8) is 0 Å². The minimum Gasteiger partial charge on any atom is -0.258 e. The fourth-order valence-electron chi connectivity index (χ4n) is 1.66. The number of hydrogen-bond acceptors (Lipinski definition) is 3. The van der Waals surface area contributed by atoms with Crippen LogP contribution in [0.15, 0.2) is 42.5 Å². The first-order chi connectivity index (χ1) is 9.60. The Morgan fingerprint density at radius 3 is 2.45 bits per heavy atom. The van der Waals surface area contributed by atoms with Gasteiger partial charge in [-0.3, -0.25) is 10.1 Å². The molecule has 0 N–H and O–H groups in total. The van der Waals surface area contributed by atoms with E-state index in [1.165, 1.54) is 12.1 Å². The van der Waals surface area contributed by atoms with Crippen molar-refractivity contribution >= 4 is 29.4 Å². The quantitative estimate of drug-likeness (QED) is 0.480. The van der Waals surface area contributed by atoms with Crippen LogP contribution in [-0.2, 0) is 0 Å². The fraction of sp³-hybridized carbons (Fsp3) is 0. The monoisotopic (exact) mass is 284 g/mol. The summed E-state index contributed by atoms with van der Waals surface area (Å²) in [6, 6.07) is 13.4. The molecule has 0 radical (unpaired) electrons. The molecular formula is C15H9ClN2O2. The van der Waals surface area contributed by atoms with Gasteiger partial charge >= 0.3 is 0 Å². The molecule has 0 heterocycles. The summed E-state index contributed by atoms with van der Waals surface area (Å²) < 4.78 is 0. The normalized spacial score (nSPS) is 10.4. The van der Waals surface area contributed by atoms with Crippen LogP contribution in [0.1, 0.15) is 16.7 Å². The van der Waals surface area contributed by atoms with Gasteiger partial charge in [0.1, 0.15) is 6.07 Å². The van der Waals surface area contributed by atoms with Gasteiger partial charge in [0, 0.05) is 17.2 Å². The van der Waals surface area contributed by atoms with Crippen LogP contribution in [0.3, 0.4) is 0 Å². The average molecular weight is 285 g/mol. The summed E-state index contributed by atoms with van der Waals surface area (Å²) in [5.74, 6) is 0. The smallest absolute Gasteiger partial charge is 0.258 e. The Hall–Kier alpha value is -2.64. The van der Waals surface area contributed by atoms with E-state index >= 15 is 0 Å². The van der Waals surface area contributed by atoms with Gasteiger partial charge in [0.25, 0.3) is 5.69 Å². The Morgan fingerprint density at radius 2 is 1.85 bits per heavy atom. The summed E-state index contributed by atoms with van der Waals surface area (Å²) in [6.07, 6.45) is 3.56. The van der Waals surface area contributed by atoms with Gasteiger partial charge in [-0.15, -0.1) is 0 Å². The zero-order chi connectivity index (χ0) is 14.5. The van der Waals surface area contributed by atoms with Crippen LogP contribution in [0, 0.1) is 21.4 Å². The van der Waals surface area contributed by atoms with Crippen molar-refractivity contribution in [3.8, 4) is 6.07 Å². The Bertz CT molecular complexity index is 716. The average Bonchev–Trinajstić information content (AvgIpc) is 2.46. The highest BCUT2D eigenvalue weighted by Gasteiger charge is 2.08. The third-order valence-corrected chi connectivity index (χ3v) is 2.95. The molecule has 5 heteroatoms. The zero-order valence-corrected chi connectivity index (χ0v) is 11.0. The molecule has 2 rings (SSSR count). The highest BCUT2D eigenvalue weighted by atomic mass is 35.5. The summed E-state index contributed by atoms with van der Waals surface area (Å²) in [4.78, 5) is 10.1. The first-order valence-electron chi connectivity index (χ1n) is 5.72. The SMILES string of the molecule is N#Cc1cc([N+](=O)[O-])ccc1C=Cc1ccc(Cl)cc1. The maximum absolute atomic E-state index is 10.7. The molecule has 0 atom stereocenters. The second-order valence-electron chi connectivity index (χ2n) is 4.03. The summed E-state index contributed by atoms with van der Waals surface area (Å²) >= 11 is 5.79. The molecule has 0 bridgehead atoms. The van der Waals surface area contributed by atoms with E-state index in [1.54, 1.807) is 24.3 Å². The fourth-order valence-corrected chi connectivity index (χ4v) is 1.79. The molecule has 0 unspecified atom stereocenters. The number of nitro benzene ring substituents is 1. The maximum Gasteiger partial charge on any atom is 0.270 e. The van der Waals surface area contributed by atoms with E-state index in [0.29, 0.717) is 10.6 Å². The molecule has 0 amide bonds. The first kappa shape index (κ1) is 13.8. The lowest BCUT2D eigenvalue weighted by molar-refractivity contribution is -0.384. The number of nitrogens with zero attached hydrogens (tertiary/aromatic N) is 2. The predicted molar refractivity (Wildman–Crippen MR) is 78.2 cm³/mol. The predicted octanol–water partition coefficient (Wildman–Crippen LogP) is 4.29. The second kappa shape index (κ2) is 6.00. The molecule has 0 aliphatic heterocycles. The highest BCUT2D eigenvalue weighted by Crippen LogP contribution is 2.20. The van der Waals surface area contributed by atoms with Crippen LogP contribution >= 0.6 is 11.6 Å². The van der Waals surface area contributed by atoms with Crippen molar-refractivity contribution in [2.45, 2.75) is 0 Å². The van der Waals surface area contributed by atoms with Crippen LogP contribution in [0.5, 0.6) is 0 Å². The van der Waals surface area contributed by atoms with Gasteiger partial charge in [-0.05, 0) is 29.3 Å². The third-order valence-electron chi connectivity index (χ3n) is 2.69. The first-order valence-corrected chi connectivity index (χ1v) is 6.10. The van der Waals surface area contributed by atoms with Crippen LogP contribution < -0.4 is 0 Å². The molecule has 98 valence electrons. The number of non-ortho nitro benzene ring substituents is 1. The summed E-state index contributed by atoms with van der Waals surface area (Å²) in [6.45, 7) is 0. The maximum atomic E-state index is 10.7. The van der Waals surface area contributed by atoms with Gasteiger partial charge in [0.15, 0.2) is 0 Å². The van der Waals surface area contributed by atoms with E-state index in [-0.39, 0.29) is 11.3 Å². The Kier molecular flexibility index (Phi) is 4.14. The lowest BCUT2D eigenvalue weighted by Crippen LogP contribution is -1.90. The second-order valence-corrected chi connectivity index (χ2v) is 4.46. The molecule has 0 fully saturated rings. The Balaban J connectivity index is 2.31. The largest absolute Gasteiger partial charge is 0.270 e. The summed E-state index contributed by atoms with van der Waals surface area (Å²) in [5, 5.41) is 20.3. The molecule has 0 aromatic heterocycles. The van der Waals surface area contributed by atoms with Gasteiger partial charge in [-0.25, -0.2) is 0 Å². The molecule has 0 aliphatic rings. The van der Waals surface area contributed by atoms with Crippen LogP contribution in [0.25, 0.3) is 12.2 Å². The van der Waals surface area contributed by atoms with E-state index < -0.39 is 4.92 Å². The van der Waals surface area contributed by atoms with Crippen molar-refractivity contribution in [1.29, 1.82) is 5.26 Å². The number of benzene rings is 2. The molecule has 4 nitrogen and oxygen atoms in total. The lowest BCUT2D eigenvalue weighted by Gasteiger charge is -1.98. The van der Waals surface area contributed by atoms with Crippen molar-refractivity contribution in [2.24, 2.45) is 0 Å². The molecule has 0 saturated carbocycles. The van der Waals surface area contributed by atoms with Crippen LogP contribution in [0.4, 0.5) is 5.69 Å². The van der Waals surface area contributed by atoms with Gasteiger partial charge in [0.2, 0.25) is 0 Å². The van der Waals surface area contributed by atoms with E-state index in [2.05, 4.69) is 0 Å². The molecular weight excluding hydrogens is 276 g/mol. The number of hydrogen-bond donors (Lipinski definition) is 0. The van der Waals surface area contributed by atoms with Crippen LogP contribution in [-0.4, -0.2) is 4.92 Å². The van der Waals surface area contributed by atoms with Gasteiger partial charge in [-0.1, -0.05) is 35.9 Å². The lowest BCUT2D eigenvalue weighted by atomic mass is 10.1. The molecule has 0 aliphatic carbocycles. The molecule has 20 heavy (non-hydrogen) atoms. The molecule has 0 spiro atoms. The molecule has 2 aromatic carbocycles. The van der Waals surface area contributed by atoms with E-state index in [0.717, 1.165) is 5.56 Å². The number of halogens is 1. The van der Waals surface area contributed by atoms with Crippen LogP contribution in [0.2, 0.25) is 5.02 Å². The van der Waals surface area contributed by atoms with Gasteiger partial charge in [0.05, 0.1) is 10.5 Å². The topological polar surface area (TPSA) is 66.9 Å². The van der Waals surface area contributed by atoms with Crippen molar-refractivity contribution in [3.05, 3.63) is 74.3 Å². The minimum atomic E-state index is -0.520. The zero-order valence-electron chi connectivity index (χ0n) is 10.3. The summed E-state index contributed by atoms with van der Waals surface area (Å²) in [7, 11) is 0. The van der Waals surface area contributed by atoms with E-state index in [9.17, 15) is 10.1 Å². The van der Waals surface area contributed by atoms with Gasteiger partial charge in [-0.2, -0.15) is 5.26 Å². The summed E-state index contributed by atoms with van der Waals surface area (Å²) in [5.41, 5.74) is 1.74. The van der Waals surface area contributed by atoms with Crippen molar-refractivity contribution in [2.75, 3.05) is 0 Å². The van der Waals surface area contributed by atoms with Gasteiger partial charge < -0.3 is 0 Å². The van der Waals surface area contributed by atoms with Crippen molar-refractivity contribution in [1.82, 2.24) is 0 Å². The number of rotatable bonds is 3. The number of nitro groups is 1. The van der Waals surface area contributed by atoms with Crippen molar-refractivity contribution < 1.29 is 4.92 Å². The highest BCUT2D eigenvalue weighted by molar-refractivity contribution is 6.30. The third kappa shape index (κ3) is 3.22. The Morgan fingerprint density at radius 1 is 1.15 bits per heavy atom.